The highest BCUT2D eigenvalue weighted by atomic mass is 16.6. The SMILES string of the molecule is CCCCCCCCCCCCCCCCCC(=O)OC[C@H](COC(=O)CCCCCCCCC(C)C)OC(=O)CCCCCCCCCCCCCCCCCCCCC(C)C. The Kier molecular flexibility index (Phi) is 48.6. The molecule has 0 heterocycles. The van der Waals surface area contributed by atoms with Crippen LogP contribution >= 0.6 is 0 Å². The van der Waals surface area contributed by atoms with Gasteiger partial charge in [-0.3, -0.25) is 14.4 Å². The van der Waals surface area contributed by atoms with Crippen LogP contribution in [-0.2, 0) is 28.6 Å². The lowest BCUT2D eigenvalue weighted by Crippen LogP contribution is -2.30. The van der Waals surface area contributed by atoms with Crippen molar-refractivity contribution in [2.75, 3.05) is 13.2 Å². The Bertz CT molecular complexity index is 962. The quantitative estimate of drug-likeness (QED) is 0.0344. The molecule has 0 aliphatic rings. The zero-order chi connectivity index (χ0) is 46.1. The molecule has 0 spiro atoms. The molecule has 0 saturated heterocycles. The van der Waals surface area contributed by atoms with E-state index in [1.54, 1.807) is 0 Å². The highest BCUT2D eigenvalue weighted by Gasteiger charge is 2.19. The maximum atomic E-state index is 12.8. The summed E-state index contributed by atoms with van der Waals surface area (Å²) in [6, 6.07) is 0. The number of carbonyl (C=O) groups is 3. The first-order valence-corrected chi connectivity index (χ1v) is 28.2. The molecule has 63 heavy (non-hydrogen) atoms. The lowest BCUT2D eigenvalue weighted by Gasteiger charge is -2.18. The first-order chi connectivity index (χ1) is 30.7. The normalized spacial score (nSPS) is 12.0. The number of unbranched alkanes of at least 4 members (excludes halogenated alkanes) is 36. The summed E-state index contributed by atoms with van der Waals surface area (Å²) in [6.45, 7) is 11.3. The third-order valence-electron chi connectivity index (χ3n) is 13.0. The summed E-state index contributed by atoms with van der Waals surface area (Å²) in [5.41, 5.74) is 0. The summed E-state index contributed by atoms with van der Waals surface area (Å²) in [7, 11) is 0. The number of esters is 3. The predicted molar refractivity (Wildman–Crippen MR) is 270 cm³/mol. The van der Waals surface area contributed by atoms with E-state index in [9.17, 15) is 14.4 Å². The minimum absolute atomic E-state index is 0.0637. The Labute approximate surface area is 393 Å². The van der Waals surface area contributed by atoms with E-state index in [-0.39, 0.29) is 31.1 Å². The predicted octanol–water partition coefficient (Wildman–Crippen LogP) is 18.5. The van der Waals surface area contributed by atoms with Crippen LogP contribution in [0.4, 0.5) is 0 Å². The monoisotopic (exact) mass is 891 g/mol. The fourth-order valence-corrected chi connectivity index (χ4v) is 8.70. The topological polar surface area (TPSA) is 78.9 Å². The molecule has 0 aromatic rings. The van der Waals surface area contributed by atoms with Gasteiger partial charge in [0.1, 0.15) is 13.2 Å². The first kappa shape index (κ1) is 61.4. The molecule has 0 fully saturated rings. The summed E-state index contributed by atoms with van der Waals surface area (Å²) in [5.74, 6) is 0.775. The summed E-state index contributed by atoms with van der Waals surface area (Å²) in [5, 5.41) is 0. The summed E-state index contributed by atoms with van der Waals surface area (Å²) < 4.78 is 16.8. The number of ether oxygens (including phenoxy) is 3. The Morgan fingerprint density at radius 2 is 0.524 bits per heavy atom. The fourth-order valence-electron chi connectivity index (χ4n) is 8.70. The Morgan fingerprint density at radius 3 is 0.778 bits per heavy atom. The van der Waals surface area contributed by atoms with Gasteiger partial charge >= 0.3 is 17.9 Å². The van der Waals surface area contributed by atoms with Crippen molar-refractivity contribution in [2.45, 2.75) is 323 Å². The van der Waals surface area contributed by atoms with Crippen molar-refractivity contribution in [1.82, 2.24) is 0 Å². The summed E-state index contributed by atoms with van der Waals surface area (Å²) in [4.78, 5) is 38.0. The van der Waals surface area contributed by atoms with Gasteiger partial charge in [-0.05, 0) is 31.1 Å². The van der Waals surface area contributed by atoms with Crippen LogP contribution < -0.4 is 0 Å². The van der Waals surface area contributed by atoms with Crippen LogP contribution in [0, 0.1) is 11.8 Å². The van der Waals surface area contributed by atoms with E-state index >= 15 is 0 Å². The van der Waals surface area contributed by atoms with Crippen molar-refractivity contribution in [3.05, 3.63) is 0 Å². The van der Waals surface area contributed by atoms with Crippen molar-refractivity contribution in [3.8, 4) is 0 Å². The van der Waals surface area contributed by atoms with Crippen molar-refractivity contribution >= 4 is 17.9 Å². The number of rotatable bonds is 51. The highest BCUT2D eigenvalue weighted by molar-refractivity contribution is 5.71. The van der Waals surface area contributed by atoms with E-state index in [4.69, 9.17) is 14.2 Å². The molecule has 6 heteroatoms. The number of carbonyl (C=O) groups excluding carboxylic acids is 3. The van der Waals surface area contributed by atoms with Crippen molar-refractivity contribution in [1.29, 1.82) is 0 Å². The van der Waals surface area contributed by atoms with Gasteiger partial charge in [-0.2, -0.15) is 0 Å². The van der Waals surface area contributed by atoms with Gasteiger partial charge in [0.15, 0.2) is 6.10 Å². The lowest BCUT2D eigenvalue weighted by molar-refractivity contribution is -0.167. The van der Waals surface area contributed by atoms with Crippen LogP contribution in [0.2, 0.25) is 0 Å². The van der Waals surface area contributed by atoms with Crippen LogP contribution in [-0.4, -0.2) is 37.2 Å². The first-order valence-electron chi connectivity index (χ1n) is 28.2. The molecule has 0 bridgehead atoms. The molecule has 374 valence electrons. The third kappa shape index (κ3) is 51.3. The van der Waals surface area contributed by atoms with Crippen LogP contribution in [0.3, 0.4) is 0 Å². The second-order valence-corrected chi connectivity index (χ2v) is 20.5. The van der Waals surface area contributed by atoms with Crippen LogP contribution in [0.15, 0.2) is 0 Å². The molecule has 0 aromatic carbocycles. The molecule has 0 amide bonds. The maximum absolute atomic E-state index is 12.8. The molecular weight excluding hydrogens is 781 g/mol. The van der Waals surface area contributed by atoms with E-state index < -0.39 is 6.10 Å². The fraction of sp³-hybridized carbons (Fsp3) is 0.947. The molecule has 0 rings (SSSR count). The molecule has 6 nitrogen and oxygen atoms in total. The summed E-state index contributed by atoms with van der Waals surface area (Å²) >= 11 is 0. The van der Waals surface area contributed by atoms with E-state index in [0.717, 1.165) is 69.6 Å². The maximum Gasteiger partial charge on any atom is 0.306 e. The van der Waals surface area contributed by atoms with Crippen molar-refractivity contribution in [3.63, 3.8) is 0 Å². The van der Waals surface area contributed by atoms with Gasteiger partial charge in [0.05, 0.1) is 0 Å². The molecule has 0 saturated carbocycles. The van der Waals surface area contributed by atoms with E-state index in [1.165, 1.54) is 205 Å². The summed E-state index contributed by atoms with van der Waals surface area (Å²) in [6.07, 6.45) is 52.6. The van der Waals surface area contributed by atoms with Crippen LogP contribution in [0.1, 0.15) is 317 Å². The number of hydrogen-bond acceptors (Lipinski definition) is 6. The van der Waals surface area contributed by atoms with Crippen LogP contribution in [0.5, 0.6) is 0 Å². The van der Waals surface area contributed by atoms with E-state index in [0.29, 0.717) is 19.3 Å². The van der Waals surface area contributed by atoms with Gasteiger partial charge in [0.25, 0.3) is 0 Å². The Hall–Kier alpha value is -1.59. The Balaban J connectivity index is 4.20. The van der Waals surface area contributed by atoms with Gasteiger partial charge in [-0.1, -0.05) is 279 Å². The van der Waals surface area contributed by atoms with Gasteiger partial charge in [0, 0.05) is 19.3 Å². The van der Waals surface area contributed by atoms with Gasteiger partial charge in [-0.15, -0.1) is 0 Å². The largest absolute Gasteiger partial charge is 0.462 e. The number of hydrogen-bond donors (Lipinski definition) is 0. The zero-order valence-corrected chi connectivity index (χ0v) is 43.2. The molecular formula is C57H110O6. The average Bonchev–Trinajstić information content (AvgIpc) is 3.25. The van der Waals surface area contributed by atoms with Gasteiger partial charge in [0.2, 0.25) is 0 Å². The molecule has 0 unspecified atom stereocenters. The van der Waals surface area contributed by atoms with E-state index in [1.807, 2.05) is 0 Å². The molecule has 0 aliphatic heterocycles. The van der Waals surface area contributed by atoms with Crippen molar-refractivity contribution in [2.24, 2.45) is 11.8 Å². The van der Waals surface area contributed by atoms with Crippen LogP contribution in [0.25, 0.3) is 0 Å². The van der Waals surface area contributed by atoms with Gasteiger partial charge < -0.3 is 14.2 Å². The molecule has 1 atom stereocenters. The second-order valence-electron chi connectivity index (χ2n) is 20.5. The molecule has 0 radical (unpaired) electrons. The molecule has 0 N–H and O–H groups in total. The minimum atomic E-state index is -0.762. The average molecular weight is 892 g/mol. The third-order valence-corrected chi connectivity index (χ3v) is 13.0. The smallest absolute Gasteiger partial charge is 0.306 e. The highest BCUT2D eigenvalue weighted by Crippen LogP contribution is 2.18. The standard InChI is InChI=1S/C57H110O6/c1-6-7-8-9-10-11-12-13-18-22-25-28-31-37-42-47-55(58)61-50-54(51-62-56(59)48-43-38-34-33-36-41-46-53(4)5)63-57(60)49-44-39-32-29-26-23-20-17-15-14-16-19-21-24-27-30-35-40-45-52(2)3/h52-54H,6-51H2,1-5H3/t54-/m1/s1. The molecule has 0 aliphatic carbocycles. The zero-order valence-electron chi connectivity index (χ0n) is 43.2. The lowest BCUT2D eigenvalue weighted by atomic mass is 10.0. The van der Waals surface area contributed by atoms with Crippen molar-refractivity contribution < 1.29 is 28.6 Å². The minimum Gasteiger partial charge on any atom is -0.462 e. The van der Waals surface area contributed by atoms with Gasteiger partial charge in [-0.25, -0.2) is 0 Å². The Morgan fingerprint density at radius 1 is 0.302 bits per heavy atom. The second kappa shape index (κ2) is 49.8. The molecule has 0 aromatic heterocycles. The van der Waals surface area contributed by atoms with E-state index in [2.05, 4.69) is 34.6 Å².